The first-order chi connectivity index (χ1) is 10.6. The molecule has 0 saturated heterocycles. The highest BCUT2D eigenvalue weighted by Crippen LogP contribution is 2.24. The lowest BCUT2D eigenvalue weighted by Gasteiger charge is -2.09. The maximum absolute atomic E-state index is 9.99. The number of rotatable bonds is 5. The number of benzene rings is 1. The van der Waals surface area contributed by atoms with Crippen molar-refractivity contribution in [1.29, 1.82) is 0 Å². The Balaban J connectivity index is 1.99. The molecule has 3 aromatic rings. The fourth-order valence-corrected chi connectivity index (χ4v) is 3.27. The van der Waals surface area contributed by atoms with Gasteiger partial charge >= 0.3 is 0 Å². The number of nitrogens with zero attached hydrogens (tertiary/aromatic N) is 3. The SMILES string of the molecule is CO[C@@H](C)c1nc(Cn2c([C@H](C)O)nc3ccccc32)cs1. The lowest BCUT2D eigenvalue weighted by Crippen LogP contribution is -2.08. The zero-order valence-corrected chi connectivity index (χ0v) is 13.7. The second kappa shape index (κ2) is 6.16. The van der Waals surface area contributed by atoms with Crippen molar-refractivity contribution in [3.8, 4) is 0 Å². The van der Waals surface area contributed by atoms with E-state index in [0.717, 1.165) is 21.7 Å². The van der Waals surface area contributed by atoms with Gasteiger partial charge in [0.1, 0.15) is 23.0 Å². The van der Waals surface area contributed by atoms with Gasteiger partial charge in [0, 0.05) is 12.5 Å². The van der Waals surface area contributed by atoms with E-state index in [9.17, 15) is 5.11 Å². The third-order valence-corrected chi connectivity index (χ3v) is 4.70. The number of hydrogen-bond acceptors (Lipinski definition) is 5. The topological polar surface area (TPSA) is 60.2 Å². The van der Waals surface area contributed by atoms with E-state index in [4.69, 9.17) is 4.74 Å². The first-order valence-corrected chi connectivity index (χ1v) is 8.08. The van der Waals surface area contributed by atoms with Crippen LogP contribution in [0.2, 0.25) is 0 Å². The standard InChI is InChI=1S/C16H19N3O2S/c1-10(20)15-18-13-6-4-5-7-14(13)19(15)8-12-9-22-16(17-12)11(2)21-3/h4-7,9-11,20H,8H2,1-3H3/t10-,11-/m0/s1. The molecular formula is C16H19N3O2S. The third kappa shape index (κ3) is 2.77. The summed E-state index contributed by atoms with van der Waals surface area (Å²) in [5, 5.41) is 13.0. The summed E-state index contributed by atoms with van der Waals surface area (Å²) in [6, 6.07) is 7.90. The molecule has 2 atom stereocenters. The Kier molecular flexibility index (Phi) is 4.24. The van der Waals surface area contributed by atoms with Crippen LogP contribution in [0.4, 0.5) is 0 Å². The summed E-state index contributed by atoms with van der Waals surface area (Å²) in [7, 11) is 1.68. The highest BCUT2D eigenvalue weighted by atomic mass is 32.1. The molecule has 2 heterocycles. The lowest BCUT2D eigenvalue weighted by molar-refractivity contribution is 0.119. The van der Waals surface area contributed by atoms with E-state index in [1.807, 2.05) is 41.1 Å². The van der Waals surface area contributed by atoms with Gasteiger partial charge in [-0.2, -0.15) is 0 Å². The van der Waals surface area contributed by atoms with Gasteiger partial charge < -0.3 is 14.4 Å². The fraction of sp³-hybridized carbons (Fsp3) is 0.375. The molecule has 22 heavy (non-hydrogen) atoms. The first-order valence-electron chi connectivity index (χ1n) is 7.20. The van der Waals surface area contributed by atoms with Crippen LogP contribution < -0.4 is 0 Å². The van der Waals surface area contributed by atoms with E-state index in [1.165, 1.54) is 0 Å². The molecule has 5 nitrogen and oxygen atoms in total. The zero-order valence-electron chi connectivity index (χ0n) is 12.9. The molecule has 0 spiro atoms. The number of aliphatic hydroxyl groups is 1. The van der Waals surface area contributed by atoms with Crippen LogP contribution in [0.25, 0.3) is 11.0 Å². The molecule has 2 aromatic heterocycles. The van der Waals surface area contributed by atoms with Crippen LogP contribution in [0.1, 0.15) is 42.6 Å². The highest BCUT2D eigenvalue weighted by Gasteiger charge is 2.16. The molecule has 0 aliphatic heterocycles. The molecular weight excluding hydrogens is 298 g/mol. The van der Waals surface area contributed by atoms with Crippen molar-refractivity contribution in [2.75, 3.05) is 7.11 Å². The van der Waals surface area contributed by atoms with Gasteiger partial charge in [-0.25, -0.2) is 9.97 Å². The minimum absolute atomic E-state index is 0.00508. The van der Waals surface area contributed by atoms with Crippen molar-refractivity contribution < 1.29 is 9.84 Å². The van der Waals surface area contributed by atoms with E-state index in [-0.39, 0.29) is 6.10 Å². The summed E-state index contributed by atoms with van der Waals surface area (Å²) in [5.74, 6) is 0.663. The monoisotopic (exact) mass is 317 g/mol. The molecule has 0 fully saturated rings. The van der Waals surface area contributed by atoms with Crippen molar-refractivity contribution in [1.82, 2.24) is 14.5 Å². The molecule has 0 bridgehead atoms. The summed E-state index contributed by atoms with van der Waals surface area (Å²) in [6.07, 6.45) is -0.627. The maximum atomic E-state index is 9.99. The molecule has 0 unspecified atom stereocenters. The second-order valence-corrected chi connectivity index (χ2v) is 6.17. The van der Waals surface area contributed by atoms with Gasteiger partial charge in [0.05, 0.1) is 23.3 Å². The number of methoxy groups -OCH3 is 1. The third-order valence-electron chi connectivity index (χ3n) is 3.65. The quantitative estimate of drug-likeness (QED) is 0.784. The minimum Gasteiger partial charge on any atom is -0.385 e. The summed E-state index contributed by atoms with van der Waals surface area (Å²) >= 11 is 1.59. The van der Waals surface area contributed by atoms with E-state index in [2.05, 4.69) is 9.97 Å². The summed E-state index contributed by atoms with van der Waals surface area (Å²) in [5.41, 5.74) is 2.85. The summed E-state index contributed by atoms with van der Waals surface area (Å²) < 4.78 is 7.33. The smallest absolute Gasteiger partial charge is 0.138 e. The fourth-order valence-electron chi connectivity index (χ4n) is 2.42. The van der Waals surface area contributed by atoms with Crippen LogP contribution in [0.5, 0.6) is 0 Å². The van der Waals surface area contributed by atoms with Crippen LogP contribution >= 0.6 is 11.3 Å². The number of fused-ring (bicyclic) bond motifs is 1. The van der Waals surface area contributed by atoms with Gasteiger partial charge in [0.15, 0.2) is 0 Å². The number of hydrogen-bond donors (Lipinski definition) is 1. The number of aromatic nitrogens is 3. The Morgan fingerprint density at radius 2 is 2.05 bits per heavy atom. The number of para-hydroxylation sites is 2. The number of imidazole rings is 1. The predicted octanol–water partition coefficient (Wildman–Crippen LogP) is 3.30. The van der Waals surface area contributed by atoms with Gasteiger partial charge in [0.25, 0.3) is 0 Å². The normalized spacial score (nSPS) is 14.4. The van der Waals surface area contributed by atoms with Crippen molar-refractivity contribution in [3.05, 3.63) is 46.2 Å². The van der Waals surface area contributed by atoms with Gasteiger partial charge in [-0.15, -0.1) is 11.3 Å². The molecule has 1 aromatic carbocycles. The number of ether oxygens (including phenoxy) is 1. The van der Waals surface area contributed by atoms with Crippen LogP contribution in [0, 0.1) is 0 Å². The molecule has 116 valence electrons. The minimum atomic E-state index is -0.622. The van der Waals surface area contributed by atoms with Crippen LogP contribution in [0.15, 0.2) is 29.6 Å². The molecule has 0 amide bonds. The van der Waals surface area contributed by atoms with Crippen molar-refractivity contribution in [2.45, 2.75) is 32.6 Å². The molecule has 0 aliphatic carbocycles. The second-order valence-electron chi connectivity index (χ2n) is 5.28. The van der Waals surface area contributed by atoms with E-state index >= 15 is 0 Å². The van der Waals surface area contributed by atoms with Crippen LogP contribution in [0.3, 0.4) is 0 Å². The molecule has 0 saturated carbocycles. The van der Waals surface area contributed by atoms with Crippen molar-refractivity contribution >= 4 is 22.4 Å². The maximum Gasteiger partial charge on any atom is 0.138 e. The number of aliphatic hydroxyl groups excluding tert-OH is 1. The Bertz CT molecular complexity index is 779. The molecule has 6 heteroatoms. The average Bonchev–Trinajstić information content (AvgIpc) is 3.12. The van der Waals surface area contributed by atoms with Gasteiger partial charge in [-0.1, -0.05) is 12.1 Å². The molecule has 0 radical (unpaired) electrons. The number of thiazole rings is 1. The highest BCUT2D eigenvalue weighted by molar-refractivity contribution is 7.09. The van der Waals surface area contributed by atoms with E-state index in [1.54, 1.807) is 25.4 Å². The molecule has 1 N–H and O–H groups in total. The van der Waals surface area contributed by atoms with Crippen LogP contribution in [-0.2, 0) is 11.3 Å². The Morgan fingerprint density at radius 3 is 2.77 bits per heavy atom. The first kappa shape index (κ1) is 15.1. The zero-order chi connectivity index (χ0) is 15.7. The van der Waals surface area contributed by atoms with E-state index < -0.39 is 6.10 Å². The van der Waals surface area contributed by atoms with Crippen molar-refractivity contribution in [3.63, 3.8) is 0 Å². The van der Waals surface area contributed by atoms with Gasteiger partial charge in [-0.3, -0.25) is 0 Å². The predicted molar refractivity (Wildman–Crippen MR) is 87.0 cm³/mol. The molecule has 3 rings (SSSR count). The molecule has 0 aliphatic rings. The summed E-state index contributed by atoms with van der Waals surface area (Å²) in [4.78, 5) is 9.16. The Labute approximate surface area is 133 Å². The van der Waals surface area contributed by atoms with Crippen LogP contribution in [-0.4, -0.2) is 26.8 Å². The summed E-state index contributed by atoms with van der Waals surface area (Å²) in [6.45, 7) is 4.31. The van der Waals surface area contributed by atoms with E-state index in [0.29, 0.717) is 12.4 Å². The largest absolute Gasteiger partial charge is 0.385 e. The Morgan fingerprint density at radius 1 is 1.27 bits per heavy atom. The average molecular weight is 317 g/mol. The van der Waals surface area contributed by atoms with Gasteiger partial charge in [-0.05, 0) is 26.0 Å². The van der Waals surface area contributed by atoms with Gasteiger partial charge in [0.2, 0.25) is 0 Å². The van der Waals surface area contributed by atoms with Crippen molar-refractivity contribution in [2.24, 2.45) is 0 Å². The Hall–Kier alpha value is -1.76. The lowest BCUT2D eigenvalue weighted by atomic mass is 10.3.